The summed E-state index contributed by atoms with van der Waals surface area (Å²) < 4.78 is 117. The number of thioether (sulfide) groups is 5. The largest absolute Gasteiger partial charge is 0.497 e. The van der Waals surface area contributed by atoms with Crippen LogP contribution in [0.25, 0.3) is 0 Å². The number of nitrogens with one attached hydrogen (secondary N) is 7. The quantitative estimate of drug-likeness (QED) is 0.00522. The highest BCUT2D eigenvalue weighted by molar-refractivity contribution is 8.13. The van der Waals surface area contributed by atoms with Crippen LogP contribution in [-0.2, 0) is 76.4 Å². The maximum atomic E-state index is 13.1. The molecule has 0 radical (unpaired) electrons. The van der Waals surface area contributed by atoms with Crippen molar-refractivity contribution in [3.05, 3.63) is 315 Å². The first kappa shape index (κ1) is 118. The minimum absolute atomic E-state index is 0.0491. The van der Waals surface area contributed by atoms with Crippen molar-refractivity contribution in [2.24, 2.45) is 27.2 Å². The smallest absolute Gasteiger partial charge is 0.435 e. The van der Waals surface area contributed by atoms with Gasteiger partial charge in [0, 0.05) is 43.7 Å². The van der Waals surface area contributed by atoms with E-state index in [0.29, 0.717) is 48.3 Å². The second-order valence-corrected chi connectivity index (χ2v) is 29.5. The molecule has 0 unspecified atom stereocenters. The molecule has 2 heterocycles. The highest BCUT2D eigenvalue weighted by Crippen LogP contribution is 2.16. The van der Waals surface area contributed by atoms with Gasteiger partial charge in [-0.1, -0.05) is 174 Å². The van der Waals surface area contributed by atoms with Crippen LogP contribution in [0.15, 0.2) is 234 Å². The third kappa shape index (κ3) is 56.3. The molecule has 0 aliphatic heterocycles. The van der Waals surface area contributed by atoms with Crippen molar-refractivity contribution in [1.82, 2.24) is 49.9 Å². The molecule has 0 bridgehead atoms. The van der Waals surface area contributed by atoms with Crippen LogP contribution in [0, 0.1) is 46.8 Å². The molecule has 130 heavy (non-hydrogen) atoms. The van der Waals surface area contributed by atoms with E-state index in [-0.39, 0.29) is 82.5 Å². The second-order valence-electron chi connectivity index (χ2n) is 24.0. The molecule has 48 heteroatoms. The number of nitrogens with two attached hydrogens (primary N) is 3. The predicted molar refractivity (Wildman–Crippen MR) is 501 cm³/mol. The van der Waals surface area contributed by atoms with Gasteiger partial charge in [-0.05, 0) is 168 Å². The van der Waals surface area contributed by atoms with Gasteiger partial charge in [0.05, 0.1) is 61.2 Å². The summed E-state index contributed by atoms with van der Waals surface area (Å²) in [7, 11) is 1.01. The SMILES string of the molecule is COC(=O)Cl.COC(=O)N=C(NC(=O)NCc1ccc(F)cc1)SC.COc1ccc(CCl)cc1.COc1ccc(CO)cc1.CSC(=N)N.CSC(=N)NC(=O)NCc1ccc(F)cc1.CSc1nc(=O)n(Cc2ccc(F)cc2)c(=O)[nH]1.CSc1nc(=O)n(Cc2ccc(F)cc2)c(=O)n1Cc1ccc(C)cc1.NCCN.O=C=NCc1ccc(F)cc1.O=S(=O)(O)O. The minimum atomic E-state index is -4.67. The number of aryl methyl sites for hydroxylation is 1. The molecule has 704 valence electrons. The first-order valence-electron chi connectivity index (χ1n) is 36.6. The van der Waals surface area contributed by atoms with Crippen LogP contribution >= 0.6 is 82.0 Å². The number of aromatic amines is 1. The number of urea groups is 2. The van der Waals surface area contributed by atoms with Crippen molar-refractivity contribution < 1.29 is 87.5 Å². The maximum Gasteiger partial charge on any atom is 0.435 e. The summed E-state index contributed by atoms with van der Waals surface area (Å²) in [5.41, 5.74) is 19.4. The van der Waals surface area contributed by atoms with Crippen molar-refractivity contribution in [1.29, 1.82) is 10.8 Å². The molecule has 8 aromatic carbocycles. The van der Waals surface area contributed by atoms with Crippen molar-refractivity contribution >= 4 is 138 Å². The molecule has 0 saturated carbocycles. The van der Waals surface area contributed by atoms with Gasteiger partial charge in [-0.3, -0.25) is 40.1 Å². The van der Waals surface area contributed by atoms with Gasteiger partial charge in [-0.25, -0.2) is 79.2 Å². The number of ether oxygens (including phenoxy) is 4. The number of hydrogen-bond acceptors (Lipinski definition) is 28. The van der Waals surface area contributed by atoms with Gasteiger partial charge < -0.3 is 51.9 Å². The number of carbonyl (C=O) groups excluding carboxylic acids is 5. The standard InChI is InChI=1S/C19H18FN3O2S.C12H14FN3O3S.C11H10FN3O2S.C10H12FN3OS.C8H9ClO.C8H6FNO.C8H10O2.C2H3ClO2.C2H6N2S.C2H8N2.H2O4S/c1-13-3-5-14(6-4-13)12-23-18(26-2)21-17(24)22(19(23)25)11-15-7-9-16(20)10-8-15;1-19-12(18)16-11(20-2)15-10(17)14-7-8-3-5-9(13)6-4-8;1-18-9-13-10(16)15(11(17)14-9)6-7-2-4-8(12)5-3-7;1-16-9(12)14-10(15)13-6-7-2-4-8(11)5-3-7;1-10-8-4-2-7(6-9)3-5-8;9-8-3-1-7(2-4-8)5-10-6-11;1-10-8-4-2-7(6-9)3-5-8;2*1-5-2(3)4;3-1-2-4;1-5(2,3)4/h3-10H,11-12H2,1-2H3;3-6H,7H2,1-2H3,(H2,14,15,16,17,18);2-5H,6H2,1H3,(H,13,14,16,17);2-5H,6H2,1H3,(H3,12,13,14,15);2-5H,6H2,1H3;1-4H,5H2;2-5,9H,6H2,1H3;1H3;1H3,(H3,3,4);1-4H2;(H2,1,2,3,4). The number of methoxy groups -OCH3 is 4. The first-order chi connectivity index (χ1) is 61.7. The van der Waals surface area contributed by atoms with E-state index in [0.717, 1.165) is 83.1 Å². The zero-order valence-electron chi connectivity index (χ0n) is 71.5. The fraction of sp³-hybridized carbons (Fsp3) is 0.244. The summed E-state index contributed by atoms with van der Waals surface area (Å²) in [6.45, 7) is 4.51. The number of nitrogens with zero attached hydrogens (tertiary/aromatic N) is 7. The number of hydrogen-bond donors (Lipinski definition) is 13. The molecule has 0 spiro atoms. The van der Waals surface area contributed by atoms with E-state index in [1.165, 1.54) is 133 Å². The van der Waals surface area contributed by atoms with Crippen molar-refractivity contribution in [2.45, 2.75) is 69.0 Å². The van der Waals surface area contributed by atoms with Gasteiger partial charge >= 0.3 is 56.7 Å². The van der Waals surface area contributed by atoms with Crippen LogP contribution in [0.4, 0.5) is 41.1 Å². The van der Waals surface area contributed by atoms with E-state index in [2.05, 4.69) is 67.3 Å². The molecule has 10 rings (SSSR count). The molecule has 2 aromatic heterocycles. The molecule has 0 aliphatic carbocycles. The number of amides is 5. The lowest BCUT2D eigenvalue weighted by molar-refractivity contribution is 0.182. The number of isocyanates is 1. The minimum Gasteiger partial charge on any atom is -0.497 e. The highest BCUT2D eigenvalue weighted by atomic mass is 35.5. The molecule has 35 nitrogen and oxygen atoms in total. The summed E-state index contributed by atoms with van der Waals surface area (Å²) in [4.78, 5) is 118. The Morgan fingerprint density at radius 1 is 0.538 bits per heavy atom. The zero-order valence-corrected chi connectivity index (χ0v) is 77.9. The van der Waals surface area contributed by atoms with Crippen LogP contribution in [-0.4, -0.2) is 169 Å². The molecule has 0 saturated heterocycles. The fourth-order valence-corrected chi connectivity index (χ4v) is 9.96. The Morgan fingerprint density at radius 3 is 1.23 bits per heavy atom. The summed E-state index contributed by atoms with van der Waals surface area (Å²) >= 11 is 16.1. The van der Waals surface area contributed by atoms with Crippen molar-refractivity contribution in [3.8, 4) is 11.5 Å². The van der Waals surface area contributed by atoms with Crippen LogP contribution in [0.1, 0.15) is 50.1 Å². The molecular formula is C82H98Cl2F5N17O18S6. The highest BCUT2D eigenvalue weighted by Gasteiger charge is 2.15. The number of H-pyrrole nitrogens is 1. The topological polar surface area (TPSA) is 540 Å². The lowest BCUT2D eigenvalue weighted by Gasteiger charge is -2.13. The van der Waals surface area contributed by atoms with E-state index < -0.39 is 56.7 Å². The van der Waals surface area contributed by atoms with Crippen LogP contribution in [0.5, 0.6) is 11.5 Å². The number of aliphatic imine (C=N–C) groups is 2. The molecule has 5 amide bonds. The van der Waals surface area contributed by atoms with Gasteiger partial charge in [0.2, 0.25) is 6.08 Å². The second kappa shape index (κ2) is 69.0. The number of halogens is 7. The molecule has 0 aliphatic rings. The Kier molecular flexibility index (Phi) is 62.6. The van der Waals surface area contributed by atoms with E-state index >= 15 is 0 Å². The van der Waals surface area contributed by atoms with E-state index in [1.54, 1.807) is 94.0 Å². The molecule has 0 atom stereocenters. The number of carbonyl (C=O) groups is 4. The van der Waals surface area contributed by atoms with Crippen molar-refractivity contribution in [2.75, 3.05) is 72.8 Å². The number of aliphatic hydroxyl groups excluding tert-OH is 1. The van der Waals surface area contributed by atoms with Gasteiger partial charge in [0.15, 0.2) is 25.8 Å². The third-order valence-corrected chi connectivity index (χ3v) is 18.0. The van der Waals surface area contributed by atoms with E-state index in [9.17, 15) is 65.1 Å². The molecule has 0 fully saturated rings. The number of alkyl halides is 1. The Hall–Kier alpha value is -12.0. The number of rotatable bonds is 19. The number of aliphatic hydroxyl groups is 1. The lowest BCUT2D eigenvalue weighted by Crippen LogP contribution is -2.42. The predicted octanol–water partition coefficient (Wildman–Crippen LogP) is 12.3. The molecular weight excluding hydrogens is 1870 g/mol. The average molecular weight is 1970 g/mol. The Labute approximate surface area is 776 Å². The summed E-state index contributed by atoms with van der Waals surface area (Å²) in [6, 6.07) is 50.6. The summed E-state index contributed by atoms with van der Waals surface area (Å²) in [5.74, 6) is 0.578. The monoisotopic (exact) mass is 1970 g/mol. The molecule has 16 N–H and O–H groups in total. The average Bonchev–Trinajstić information content (AvgIpc) is 0.797. The normalized spacial score (nSPS) is 9.91. The summed E-state index contributed by atoms with van der Waals surface area (Å²) in [5, 5.41) is 33.2. The Balaban J connectivity index is 0.00000147. The maximum absolute atomic E-state index is 13.1. The van der Waals surface area contributed by atoms with Crippen LogP contribution < -0.4 is 70.7 Å². The molecule has 10 aromatic rings. The van der Waals surface area contributed by atoms with E-state index in [1.807, 2.05) is 79.7 Å². The summed E-state index contributed by atoms with van der Waals surface area (Å²) in [6.07, 6.45) is 9.22. The lowest BCUT2D eigenvalue weighted by atomic mass is 10.1. The van der Waals surface area contributed by atoms with Crippen LogP contribution in [0.3, 0.4) is 0 Å². The Morgan fingerprint density at radius 2 is 0.900 bits per heavy atom. The van der Waals surface area contributed by atoms with Gasteiger partial charge in [0.1, 0.15) is 40.6 Å². The number of amidine groups is 3. The zero-order chi connectivity index (χ0) is 98.1. The Bertz CT molecular complexity index is 5350. The number of benzene rings is 8. The first-order valence-corrected chi connectivity index (χ1v) is 45.1. The van der Waals surface area contributed by atoms with Gasteiger partial charge in [0.25, 0.3) is 0 Å². The van der Waals surface area contributed by atoms with Gasteiger partial charge in [-0.2, -0.15) is 23.4 Å². The van der Waals surface area contributed by atoms with Crippen molar-refractivity contribution in [3.63, 3.8) is 0 Å². The fourth-order valence-electron chi connectivity index (χ4n) is 8.34. The van der Waals surface area contributed by atoms with E-state index in [4.69, 9.17) is 71.7 Å². The number of aromatic nitrogens is 6. The van der Waals surface area contributed by atoms with Crippen LogP contribution in [0.2, 0.25) is 0 Å². The van der Waals surface area contributed by atoms with Gasteiger partial charge in [-0.15, -0.1) is 11.6 Å². The third-order valence-electron chi connectivity index (χ3n) is 14.7.